The molecule has 3 unspecified atom stereocenters. The lowest BCUT2D eigenvalue weighted by Gasteiger charge is -2.39. The van der Waals surface area contributed by atoms with E-state index in [1.165, 1.54) is 7.11 Å². The molecule has 0 bridgehead atoms. The second kappa shape index (κ2) is 5.97. The molecule has 1 rings (SSSR count). The van der Waals surface area contributed by atoms with Gasteiger partial charge in [0.1, 0.15) is 6.04 Å². The third-order valence-electron chi connectivity index (χ3n) is 3.32. The highest BCUT2D eigenvalue weighted by atomic mass is 16.5. The molecule has 3 atom stereocenters. The zero-order valence-corrected chi connectivity index (χ0v) is 10.5. The van der Waals surface area contributed by atoms with Gasteiger partial charge in [0.15, 0.2) is 0 Å². The number of hydrogen-bond acceptors (Lipinski definition) is 5. The Hall–Kier alpha value is -1.14. The van der Waals surface area contributed by atoms with Gasteiger partial charge in [-0.25, -0.2) is 0 Å². The number of hydrogen-bond donors (Lipinski definition) is 1. The van der Waals surface area contributed by atoms with Crippen LogP contribution in [0, 0.1) is 5.92 Å². The van der Waals surface area contributed by atoms with Gasteiger partial charge < -0.3 is 15.2 Å². The van der Waals surface area contributed by atoms with E-state index in [-0.39, 0.29) is 24.5 Å². The van der Waals surface area contributed by atoms with Crippen LogP contribution in [0.15, 0.2) is 0 Å². The molecule has 1 heterocycles. The van der Waals surface area contributed by atoms with E-state index in [0.717, 1.165) is 0 Å². The van der Waals surface area contributed by atoms with E-state index in [2.05, 4.69) is 0 Å². The molecule has 0 radical (unpaired) electrons. The van der Waals surface area contributed by atoms with E-state index in [9.17, 15) is 9.59 Å². The summed E-state index contributed by atoms with van der Waals surface area (Å²) in [6, 6.07) is -0.574. The minimum absolute atomic E-state index is 0.108. The fourth-order valence-electron chi connectivity index (χ4n) is 2.02. The minimum Gasteiger partial charge on any atom is -0.469 e. The molecule has 0 aromatic heterocycles. The van der Waals surface area contributed by atoms with Gasteiger partial charge in [-0.05, 0) is 6.92 Å². The van der Waals surface area contributed by atoms with Crippen LogP contribution in [0.1, 0.15) is 13.8 Å². The largest absolute Gasteiger partial charge is 0.469 e. The third kappa shape index (κ3) is 3.17. The molecule has 98 valence electrons. The van der Waals surface area contributed by atoms with Gasteiger partial charge in [-0.15, -0.1) is 0 Å². The maximum atomic E-state index is 11.5. The molecule has 2 N–H and O–H groups in total. The minimum atomic E-state index is -0.467. The fourth-order valence-corrected chi connectivity index (χ4v) is 2.02. The molecule has 0 spiro atoms. The number of amides is 1. The molecule has 1 fully saturated rings. The Morgan fingerprint density at radius 3 is 2.65 bits per heavy atom. The maximum absolute atomic E-state index is 11.5. The zero-order chi connectivity index (χ0) is 13.0. The Morgan fingerprint density at radius 1 is 1.47 bits per heavy atom. The predicted molar refractivity (Wildman–Crippen MR) is 61.1 cm³/mol. The van der Waals surface area contributed by atoms with Crippen molar-refractivity contribution in [2.45, 2.75) is 25.9 Å². The average molecular weight is 244 g/mol. The summed E-state index contributed by atoms with van der Waals surface area (Å²) in [4.78, 5) is 24.7. The molecule has 0 aromatic carbocycles. The standard InChI is InChI=1S/C11H20N2O4/c1-7(11(15)16-3)8(2)13-4-5-17-6-9(13)10(12)14/h7-9H,4-6H2,1-3H3,(H2,12,14). The quantitative estimate of drug-likeness (QED) is 0.666. The molecular formula is C11H20N2O4. The number of ether oxygens (including phenoxy) is 2. The van der Waals surface area contributed by atoms with Crippen LogP contribution < -0.4 is 5.73 Å². The summed E-state index contributed by atoms with van der Waals surface area (Å²) in [6.45, 7) is 5.10. The summed E-state index contributed by atoms with van der Waals surface area (Å²) in [5.74, 6) is -1.01. The fraction of sp³-hybridized carbons (Fsp3) is 0.818. The highest BCUT2D eigenvalue weighted by Gasteiger charge is 2.35. The normalized spacial score (nSPS) is 25.0. The number of carbonyl (C=O) groups excluding carboxylic acids is 2. The average Bonchev–Trinajstić information content (AvgIpc) is 2.35. The van der Waals surface area contributed by atoms with Crippen LogP contribution in [0.3, 0.4) is 0 Å². The molecule has 0 saturated carbocycles. The summed E-state index contributed by atoms with van der Waals surface area (Å²) >= 11 is 0. The van der Waals surface area contributed by atoms with E-state index in [1.807, 2.05) is 11.8 Å². The number of rotatable bonds is 4. The van der Waals surface area contributed by atoms with Gasteiger partial charge in [0.25, 0.3) is 0 Å². The van der Waals surface area contributed by atoms with E-state index in [4.69, 9.17) is 15.2 Å². The van der Waals surface area contributed by atoms with E-state index in [1.54, 1.807) is 6.92 Å². The Balaban J connectivity index is 2.74. The zero-order valence-electron chi connectivity index (χ0n) is 10.5. The summed E-state index contributed by atoms with van der Waals surface area (Å²) in [7, 11) is 1.36. The van der Waals surface area contributed by atoms with Crippen LogP contribution in [-0.4, -0.2) is 55.7 Å². The van der Waals surface area contributed by atoms with Crippen molar-refractivity contribution in [3.05, 3.63) is 0 Å². The molecule has 1 aliphatic rings. The van der Waals surface area contributed by atoms with Crippen molar-refractivity contribution < 1.29 is 19.1 Å². The number of morpholine rings is 1. The van der Waals surface area contributed by atoms with Gasteiger partial charge in [0, 0.05) is 12.6 Å². The lowest BCUT2D eigenvalue weighted by Crippen LogP contribution is -2.57. The summed E-state index contributed by atoms with van der Waals surface area (Å²) in [5.41, 5.74) is 5.33. The number of esters is 1. The number of methoxy groups -OCH3 is 1. The van der Waals surface area contributed by atoms with Crippen molar-refractivity contribution in [3.8, 4) is 0 Å². The summed E-state index contributed by atoms with van der Waals surface area (Å²) in [6.07, 6.45) is 0. The Morgan fingerprint density at radius 2 is 2.12 bits per heavy atom. The second-order valence-corrected chi connectivity index (χ2v) is 4.28. The van der Waals surface area contributed by atoms with Gasteiger partial charge >= 0.3 is 5.97 Å². The number of primary amides is 1. The smallest absolute Gasteiger partial charge is 0.309 e. The molecule has 6 nitrogen and oxygen atoms in total. The molecule has 1 amide bonds. The first-order valence-corrected chi connectivity index (χ1v) is 5.69. The van der Waals surface area contributed by atoms with Crippen LogP contribution in [0.5, 0.6) is 0 Å². The topological polar surface area (TPSA) is 81.9 Å². The van der Waals surface area contributed by atoms with Crippen molar-refractivity contribution in [1.82, 2.24) is 4.90 Å². The van der Waals surface area contributed by atoms with Gasteiger partial charge in [0.2, 0.25) is 5.91 Å². The highest BCUT2D eigenvalue weighted by molar-refractivity contribution is 5.80. The number of carbonyl (C=O) groups is 2. The van der Waals surface area contributed by atoms with Crippen LogP contribution in [0.4, 0.5) is 0 Å². The van der Waals surface area contributed by atoms with E-state index >= 15 is 0 Å². The monoisotopic (exact) mass is 244 g/mol. The Kier molecular flexibility index (Phi) is 4.89. The lowest BCUT2D eigenvalue weighted by atomic mass is 9.99. The summed E-state index contributed by atoms with van der Waals surface area (Å²) in [5, 5.41) is 0. The third-order valence-corrected chi connectivity index (χ3v) is 3.32. The van der Waals surface area contributed by atoms with Crippen LogP contribution >= 0.6 is 0 Å². The van der Waals surface area contributed by atoms with Crippen LogP contribution in [-0.2, 0) is 19.1 Å². The van der Waals surface area contributed by atoms with Gasteiger partial charge in [-0.1, -0.05) is 6.92 Å². The molecular weight excluding hydrogens is 224 g/mol. The van der Waals surface area contributed by atoms with E-state index in [0.29, 0.717) is 13.2 Å². The molecule has 1 aliphatic heterocycles. The van der Waals surface area contributed by atoms with E-state index < -0.39 is 11.9 Å². The highest BCUT2D eigenvalue weighted by Crippen LogP contribution is 2.18. The molecule has 17 heavy (non-hydrogen) atoms. The summed E-state index contributed by atoms with van der Waals surface area (Å²) < 4.78 is 9.94. The lowest BCUT2D eigenvalue weighted by molar-refractivity contribution is -0.150. The number of nitrogens with two attached hydrogens (primary N) is 1. The first-order valence-electron chi connectivity index (χ1n) is 5.69. The van der Waals surface area contributed by atoms with Gasteiger partial charge in [0.05, 0.1) is 26.2 Å². The van der Waals surface area contributed by atoms with Gasteiger partial charge in [-0.2, -0.15) is 0 Å². The van der Waals surface area contributed by atoms with Crippen molar-refractivity contribution in [1.29, 1.82) is 0 Å². The Bertz CT molecular complexity index is 295. The molecule has 0 aliphatic carbocycles. The Labute approximate surface area is 101 Å². The van der Waals surface area contributed by atoms with Crippen molar-refractivity contribution in [2.24, 2.45) is 11.7 Å². The maximum Gasteiger partial charge on any atom is 0.309 e. The molecule has 6 heteroatoms. The van der Waals surface area contributed by atoms with Gasteiger partial charge in [-0.3, -0.25) is 14.5 Å². The van der Waals surface area contributed by atoms with Crippen molar-refractivity contribution in [2.75, 3.05) is 26.9 Å². The van der Waals surface area contributed by atoms with Crippen LogP contribution in [0.25, 0.3) is 0 Å². The molecule has 0 aromatic rings. The first kappa shape index (κ1) is 13.9. The van der Waals surface area contributed by atoms with Crippen molar-refractivity contribution in [3.63, 3.8) is 0 Å². The SMILES string of the molecule is COC(=O)C(C)C(C)N1CCOCC1C(N)=O. The first-order chi connectivity index (χ1) is 7.99. The molecule has 1 saturated heterocycles. The van der Waals surface area contributed by atoms with Crippen LogP contribution in [0.2, 0.25) is 0 Å². The predicted octanol–water partition coefficient (Wildman–Crippen LogP) is -0.630. The number of nitrogens with zero attached hydrogens (tertiary/aromatic N) is 1. The van der Waals surface area contributed by atoms with Crippen molar-refractivity contribution >= 4 is 11.9 Å². The second-order valence-electron chi connectivity index (χ2n) is 4.28.